The summed E-state index contributed by atoms with van der Waals surface area (Å²) in [6.07, 6.45) is 5.92. The summed E-state index contributed by atoms with van der Waals surface area (Å²) in [7, 11) is 0. The number of ether oxygens (including phenoxy) is 1. The zero-order valence-electron chi connectivity index (χ0n) is 16.0. The van der Waals surface area contributed by atoms with E-state index in [9.17, 15) is 9.59 Å². The van der Waals surface area contributed by atoms with Gasteiger partial charge in [-0.2, -0.15) is 0 Å². The van der Waals surface area contributed by atoms with Gasteiger partial charge in [-0.25, -0.2) is 0 Å². The maximum atomic E-state index is 13.4. The minimum Gasteiger partial charge on any atom is -0.466 e. The molecule has 1 aromatic heterocycles. The quantitative estimate of drug-likeness (QED) is 0.580. The lowest BCUT2D eigenvalue weighted by atomic mass is 9.72. The summed E-state index contributed by atoms with van der Waals surface area (Å²) in [5.41, 5.74) is 1.22. The van der Waals surface area contributed by atoms with E-state index in [0.29, 0.717) is 30.3 Å². The monoisotopic (exact) mass is 398 g/mol. The SMILES string of the molecule is CCOC(=O)[C@@H]1[C@H]2CN(C(=O)c3c(Cl)ccc4ncccc34)C[C@@H]2C=C[C@@H]1C. The van der Waals surface area contributed by atoms with Crippen LogP contribution in [0.25, 0.3) is 10.9 Å². The molecular formula is C22H23ClN2O3. The van der Waals surface area contributed by atoms with Gasteiger partial charge in [0.05, 0.1) is 28.6 Å². The van der Waals surface area contributed by atoms with Crippen molar-refractivity contribution in [3.05, 3.63) is 53.2 Å². The van der Waals surface area contributed by atoms with Crippen molar-refractivity contribution in [3.63, 3.8) is 0 Å². The Labute approximate surface area is 169 Å². The number of carbonyl (C=O) groups is 2. The highest BCUT2D eigenvalue weighted by Crippen LogP contribution is 2.41. The standard InChI is InChI=1S/C22H23ClN2O3/c1-3-28-22(27)19-13(2)6-7-14-11-25(12-16(14)19)21(26)20-15-5-4-10-24-18(15)9-8-17(20)23/h4-10,13-14,16,19H,3,11-12H2,1-2H3/t13-,14-,16-,19-/m0/s1. The topological polar surface area (TPSA) is 59.5 Å². The Kier molecular flexibility index (Phi) is 5.11. The second-order valence-corrected chi connectivity index (χ2v) is 7.96. The fourth-order valence-electron chi connectivity index (χ4n) is 4.56. The van der Waals surface area contributed by atoms with Gasteiger partial charge in [0.1, 0.15) is 0 Å². The van der Waals surface area contributed by atoms with Gasteiger partial charge < -0.3 is 9.64 Å². The first-order chi connectivity index (χ1) is 13.5. The van der Waals surface area contributed by atoms with E-state index < -0.39 is 0 Å². The molecule has 1 fully saturated rings. The highest BCUT2D eigenvalue weighted by atomic mass is 35.5. The van der Waals surface area contributed by atoms with Gasteiger partial charge in [-0.05, 0) is 42.9 Å². The lowest BCUT2D eigenvalue weighted by Crippen LogP contribution is -2.37. The van der Waals surface area contributed by atoms with Gasteiger partial charge in [0, 0.05) is 24.7 Å². The average Bonchev–Trinajstić information content (AvgIpc) is 3.11. The molecule has 0 radical (unpaired) electrons. The highest BCUT2D eigenvalue weighted by molar-refractivity contribution is 6.35. The smallest absolute Gasteiger partial charge is 0.309 e. The van der Waals surface area contributed by atoms with Crippen LogP contribution in [0.4, 0.5) is 0 Å². The molecule has 0 bridgehead atoms. The van der Waals surface area contributed by atoms with Crippen molar-refractivity contribution >= 4 is 34.4 Å². The largest absolute Gasteiger partial charge is 0.466 e. The first kappa shape index (κ1) is 18.9. The van der Waals surface area contributed by atoms with Gasteiger partial charge in [-0.15, -0.1) is 0 Å². The third-order valence-electron chi connectivity index (χ3n) is 5.90. The molecule has 1 saturated heterocycles. The second-order valence-electron chi connectivity index (χ2n) is 7.55. The number of benzene rings is 1. The third-order valence-corrected chi connectivity index (χ3v) is 6.21. The predicted molar refractivity (Wildman–Crippen MR) is 108 cm³/mol. The van der Waals surface area contributed by atoms with E-state index in [4.69, 9.17) is 16.3 Å². The van der Waals surface area contributed by atoms with E-state index in [1.165, 1.54) is 0 Å². The number of rotatable bonds is 3. The summed E-state index contributed by atoms with van der Waals surface area (Å²) in [5.74, 6) is -0.188. The Morgan fingerprint density at radius 2 is 2.07 bits per heavy atom. The number of nitrogens with zero attached hydrogens (tertiary/aromatic N) is 2. The van der Waals surface area contributed by atoms with Gasteiger partial charge in [0.15, 0.2) is 0 Å². The minimum atomic E-state index is -0.225. The minimum absolute atomic E-state index is 0.0647. The molecule has 2 aromatic rings. The molecule has 2 aliphatic rings. The van der Waals surface area contributed by atoms with Crippen LogP contribution in [0.3, 0.4) is 0 Å². The summed E-state index contributed by atoms with van der Waals surface area (Å²) in [5, 5.41) is 1.17. The Morgan fingerprint density at radius 3 is 2.86 bits per heavy atom. The Balaban J connectivity index is 1.64. The number of esters is 1. The van der Waals surface area contributed by atoms with Crippen LogP contribution in [-0.4, -0.2) is 41.5 Å². The van der Waals surface area contributed by atoms with Crippen LogP contribution in [0, 0.1) is 23.7 Å². The molecule has 1 aromatic carbocycles. The number of allylic oxidation sites excluding steroid dienone is 1. The van der Waals surface area contributed by atoms with Crippen molar-refractivity contribution in [2.75, 3.05) is 19.7 Å². The van der Waals surface area contributed by atoms with Gasteiger partial charge in [-0.3, -0.25) is 14.6 Å². The van der Waals surface area contributed by atoms with Gasteiger partial charge >= 0.3 is 5.97 Å². The van der Waals surface area contributed by atoms with Crippen molar-refractivity contribution in [1.29, 1.82) is 0 Å². The molecule has 146 valence electrons. The zero-order valence-corrected chi connectivity index (χ0v) is 16.7. The van der Waals surface area contributed by atoms with Crippen LogP contribution in [0.15, 0.2) is 42.6 Å². The van der Waals surface area contributed by atoms with Crippen LogP contribution in [0.1, 0.15) is 24.2 Å². The maximum absolute atomic E-state index is 13.4. The summed E-state index contributed by atoms with van der Waals surface area (Å²) in [6, 6.07) is 7.21. The summed E-state index contributed by atoms with van der Waals surface area (Å²) < 4.78 is 5.31. The Bertz CT molecular complexity index is 958. The summed E-state index contributed by atoms with van der Waals surface area (Å²) in [6.45, 7) is 5.32. The number of likely N-dealkylation sites (tertiary alicyclic amines) is 1. The van der Waals surface area contributed by atoms with Crippen molar-refractivity contribution in [1.82, 2.24) is 9.88 Å². The molecular weight excluding hydrogens is 376 g/mol. The van der Waals surface area contributed by atoms with Crippen LogP contribution in [0.5, 0.6) is 0 Å². The molecule has 0 unspecified atom stereocenters. The van der Waals surface area contributed by atoms with Crippen molar-refractivity contribution in [2.24, 2.45) is 23.7 Å². The maximum Gasteiger partial charge on any atom is 0.309 e. The first-order valence-corrected chi connectivity index (χ1v) is 10.1. The van der Waals surface area contributed by atoms with Crippen LogP contribution < -0.4 is 0 Å². The zero-order chi connectivity index (χ0) is 19.8. The van der Waals surface area contributed by atoms with E-state index in [1.54, 1.807) is 18.3 Å². The molecule has 1 amide bonds. The molecule has 0 saturated carbocycles. The molecule has 2 heterocycles. The fraction of sp³-hybridized carbons (Fsp3) is 0.409. The number of amides is 1. The Morgan fingerprint density at radius 1 is 1.25 bits per heavy atom. The number of hydrogen-bond donors (Lipinski definition) is 0. The van der Waals surface area contributed by atoms with Crippen LogP contribution in [0.2, 0.25) is 5.02 Å². The average molecular weight is 399 g/mol. The second kappa shape index (κ2) is 7.55. The van der Waals surface area contributed by atoms with Crippen molar-refractivity contribution < 1.29 is 14.3 Å². The third kappa shape index (κ3) is 3.18. The number of aromatic nitrogens is 1. The normalized spacial score (nSPS) is 26.3. The molecule has 5 nitrogen and oxygen atoms in total. The van der Waals surface area contributed by atoms with Crippen LogP contribution in [-0.2, 0) is 9.53 Å². The molecule has 6 heteroatoms. The van der Waals surface area contributed by atoms with E-state index in [-0.39, 0.29) is 35.5 Å². The number of fused-ring (bicyclic) bond motifs is 2. The number of carbonyl (C=O) groups excluding carboxylic acids is 2. The fourth-order valence-corrected chi connectivity index (χ4v) is 4.81. The molecule has 28 heavy (non-hydrogen) atoms. The summed E-state index contributed by atoms with van der Waals surface area (Å²) >= 11 is 6.41. The van der Waals surface area contributed by atoms with E-state index in [2.05, 4.69) is 17.1 Å². The van der Waals surface area contributed by atoms with Crippen molar-refractivity contribution in [2.45, 2.75) is 13.8 Å². The molecule has 4 rings (SSSR count). The molecule has 0 spiro atoms. The Hall–Kier alpha value is -2.40. The lowest BCUT2D eigenvalue weighted by molar-refractivity contribution is -0.152. The molecule has 1 aliphatic carbocycles. The molecule has 4 atom stereocenters. The number of pyridine rings is 1. The van der Waals surface area contributed by atoms with Gasteiger partial charge in [0.2, 0.25) is 0 Å². The number of halogens is 1. The van der Waals surface area contributed by atoms with E-state index in [1.807, 2.05) is 30.9 Å². The van der Waals surface area contributed by atoms with E-state index >= 15 is 0 Å². The van der Waals surface area contributed by atoms with Gasteiger partial charge in [-0.1, -0.05) is 36.7 Å². The first-order valence-electron chi connectivity index (χ1n) is 9.68. The van der Waals surface area contributed by atoms with Crippen molar-refractivity contribution in [3.8, 4) is 0 Å². The van der Waals surface area contributed by atoms with Crippen LogP contribution >= 0.6 is 11.6 Å². The number of hydrogen-bond acceptors (Lipinski definition) is 4. The predicted octanol–water partition coefficient (Wildman–Crippen LogP) is 3.96. The molecule has 0 N–H and O–H groups in total. The lowest BCUT2D eigenvalue weighted by Gasteiger charge is -2.31. The van der Waals surface area contributed by atoms with E-state index in [0.717, 1.165) is 10.9 Å². The summed E-state index contributed by atoms with van der Waals surface area (Å²) in [4.78, 5) is 32.1. The molecule has 1 aliphatic heterocycles. The highest BCUT2D eigenvalue weighted by Gasteiger charge is 2.46. The van der Waals surface area contributed by atoms with Gasteiger partial charge in [0.25, 0.3) is 5.91 Å².